The van der Waals surface area contributed by atoms with E-state index in [0.29, 0.717) is 19.3 Å². The van der Waals surface area contributed by atoms with Crippen LogP contribution in [0.2, 0.25) is 0 Å². The van der Waals surface area contributed by atoms with Gasteiger partial charge in [-0.05, 0) is 35.1 Å². The number of non-ortho nitro benzene ring substituents is 1. The molecule has 0 radical (unpaired) electrons. The summed E-state index contributed by atoms with van der Waals surface area (Å²) in [6, 6.07) is 20.1. The average molecular weight is 621 g/mol. The van der Waals surface area contributed by atoms with E-state index in [1.807, 2.05) is 48.5 Å². The van der Waals surface area contributed by atoms with Gasteiger partial charge in [0.1, 0.15) is 9.75 Å². The molecule has 0 unspecified atom stereocenters. The summed E-state index contributed by atoms with van der Waals surface area (Å²) < 4.78 is 5.04. The van der Waals surface area contributed by atoms with Crippen LogP contribution in [0.1, 0.15) is 58.3 Å². The molecule has 1 fully saturated rings. The van der Waals surface area contributed by atoms with Gasteiger partial charge in [-0.25, -0.2) is 0 Å². The lowest BCUT2D eigenvalue weighted by molar-refractivity contribution is -0.384. The number of rotatable bonds is 10. The molecule has 1 heterocycles. The van der Waals surface area contributed by atoms with Crippen LogP contribution in [0.4, 0.5) is 5.69 Å². The molecule has 9 nitrogen and oxygen atoms in total. The molecule has 0 spiro atoms. The Morgan fingerprint density at radius 3 is 1.86 bits per heavy atom. The molecule has 0 aromatic heterocycles. The number of ketones is 1. The number of nitrogens with zero attached hydrogens (tertiary/aromatic N) is 2. The Hall–Kier alpha value is -4.08. The molecule has 2 atom stereocenters. The standard InChI is InChI=1S/C32H26Cl2N2O7/c33-31-21-11-3-4-12-22(21)32(34,24-14-6-5-13-23(24)31)28-27(31)29(39)35(30(28)40)16-7-1-2-15-26(38)43-18-25(37)19-9-8-10-20(17-19)36(41)42/h3-6,8-14,17,27-28H,1-2,7,15-16,18H2/t27-,28-,31?,32?/m1/s1. The van der Waals surface area contributed by atoms with Gasteiger partial charge in [0.15, 0.2) is 6.61 Å². The third-order valence-electron chi connectivity index (χ3n) is 8.68. The number of hydrogen-bond acceptors (Lipinski definition) is 7. The molecule has 3 aromatic rings. The van der Waals surface area contributed by atoms with Crippen LogP contribution < -0.4 is 0 Å². The maximum atomic E-state index is 13.8. The third-order valence-corrected chi connectivity index (χ3v) is 9.97. The van der Waals surface area contributed by atoms with E-state index in [-0.39, 0.29) is 36.0 Å². The van der Waals surface area contributed by atoms with Crippen molar-refractivity contribution in [1.29, 1.82) is 0 Å². The van der Waals surface area contributed by atoms with Gasteiger partial charge in [0.2, 0.25) is 17.6 Å². The van der Waals surface area contributed by atoms with Crippen LogP contribution in [0.15, 0.2) is 72.8 Å². The summed E-state index contributed by atoms with van der Waals surface area (Å²) in [5.74, 6) is -3.52. The molecule has 1 aliphatic heterocycles. The SMILES string of the molecule is O=C(CCCCCN1C(=O)[C@H]2[C@H](C1=O)C1(Cl)c3ccccc3C2(Cl)c2ccccc21)OCC(=O)c1cccc([N+](=O)[O-])c1. The van der Waals surface area contributed by atoms with Gasteiger partial charge in [0.05, 0.1) is 16.8 Å². The third kappa shape index (κ3) is 4.44. The molecule has 220 valence electrons. The number of halogens is 2. The van der Waals surface area contributed by atoms with Gasteiger partial charge in [-0.15, -0.1) is 23.2 Å². The molecule has 3 aliphatic carbocycles. The van der Waals surface area contributed by atoms with Gasteiger partial charge in [-0.3, -0.25) is 34.2 Å². The molecular weight excluding hydrogens is 595 g/mol. The number of esters is 1. The molecule has 1 saturated heterocycles. The summed E-state index contributed by atoms with van der Waals surface area (Å²) in [7, 11) is 0. The van der Waals surface area contributed by atoms with Crippen LogP contribution in [0.25, 0.3) is 0 Å². The van der Waals surface area contributed by atoms with E-state index in [1.165, 1.54) is 23.1 Å². The number of carbonyl (C=O) groups excluding carboxylic acids is 4. The van der Waals surface area contributed by atoms with Crippen molar-refractivity contribution in [2.45, 2.75) is 35.4 Å². The van der Waals surface area contributed by atoms with Crippen molar-refractivity contribution in [2.75, 3.05) is 13.2 Å². The van der Waals surface area contributed by atoms with Gasteiger partial charge in [0.25, 0.3) is 5.69 Å². The van der Waals surface area contributed by atoms with Gasteiger partial charge in [-0.1, -0.05) is 67.1 Å². The van der Waals surface area contributed by atoms with E-state index in [0.717, 1.165) is 28.3 Å². The lowest BCUT2D eigenvalue weighted by Crippen LogP contribution is -2.57. The van der Waals surface area contributed by atoms with Crippen molar-refractivity contribution in [3.8, 4) is 0 Å². The van der Waals surface area contributed by atoms with Gasteiger partial charge < -0.3 is 4.74 Å². The van der Waals surface area contributed by atoms with Crippen molar-refractivity contribution in [3.05, 3.63) is 111 Å². The Balaban J connectivity index is 1.06. The number of Topliss-reactive ketones (excluding diaryl/α,β-unsaturated/α-hetero) is 1. The number of nitro benzene ring substituents is 1. The number of ether oxygens (including phenoxy) is 1. The molecule has 0 N–H and O–H groups in total. The first kappa shape index (κ1) is 29.0. The van der Waals surface area contributed by atoms with E-state index in [4.69, 9.17) is 27.9 Å². The number of unbranched alkanes of at least 4 members (excludes halogenated alkanes) is 2. The van der Waals surface area contributed by atoms with Crippen LogP contribution in [-0.2, 0) is 28.9 Å². The predicted molar refractivity (Wildman–Crippen MR) is 157 cm³/mol. The molecule has 11 heteroatoms. The fourth-order valence-corrected chi connectivity index (χ4v) is 7.85. The molecule has 7 rings (SSSR count). The lowest BCUT2D eigenvalue weighted by Gasteiger charge is -2.54. The fraction of sp³-hybridized carbons (Fsp3) is 0.312. The first-order valence-corrected chi connectivity index (χ1v) is 14.7. The summed E-state index contributed by atoms with van der Waals surface area (Å²) in [5.41, 5.74) is 2.85. The maximum absolute atomic E-state index is 13.8. The van der Waals surface area contributed by atoms with Crippen LogP contribution in [-0.4, -0.2) is 46.5 Å². The Bertz CT molecular complexity index is 1570. The number of carbonyl (C=O) groups is 4. The lowest BCUT2D eigenvalue weighted by atomic mass is 9.54. The summed E-state index contributed by atoms with van der Waals surface area (Å²) in [6.45, 7) is -0.359. The van der Waals surface area contributed by atoms with E-state index >= 15 is 0 Å². The Morgan fingerprint density at radius 2 is 1.35 bits per heavy atom. The fourth-order valence-electron chi connectivity index (χ4n) is 6.76. The molecule has 3 aromatic carbocycles. The van der Waals surface area contributed by atoms with Crippen LogP contribution in [0.5, 0.6) is 0 Å². The summed E-state index contributed by atoms with van der Waals surface area (Å²) >= 11 is 14.8. The zero-order chi connectivity index (χ0) is 30.5. The Kier molecular flexibility index (Phi) is 7.34. The van der Waals surface area contributed by atoms with Crippen molar-refractivity contribution in [2.24, 2.45) is 11.8 Å². The molecular formula is C32H26Cl2N2O7. The predicted octanol–water partition coefficient (Wildman–Crippen LogP) is 5.47. The van der Waals surface area contributed by atoms with Gasteiger partial charge in [0, 0.05) is 30.7 Å². The highest BCUT2D eigenvalue weighted by atomic mass is 35.5. The molecule has 2 bridgehead atoms. The second kappa shape index (κ2) is 10.9. The summed E-state index contributed by atoms with van der Waals surface area (Å²) in [5, 5.41) is 10.9. The van der Waals surface area contributed by atoms with Crippen LogP contribution in [0.3, 0.4) is 0 Å². The van der Waals surface area contributed by atoms with Gasteiger partial charge in [-0.2, -0.15) is 0 Å². The second-order valence-electron chi connectivity index (χ2n) is 11.0. The number of nitro groups is 1. The second-order valence-corrected chi connectivity index (χ2v) is 12.2. The zero-order valence-electron chi connectivity index (χ0n) is 22.8. The first-order chi connectivity index (χ1) is 20.6. The average Bonchev–Trinajstić information content (AvgIpc) is 3.28. The summed E-state index contributed by atoms with van der Waals surface area (Å²) in [4.78, 5) is 61.2. The number of amides is 2. The normalized spacial score (nSPS) is 24.7. The van der Waals surface area contributed by atoms with E-state index in [2.05, 4.69) is 0 Å². The highest BCUT2D eigenvalue weighted by Gasteiger charge is 2.72. The first-order valence-electron chi connectivity index (χ1n) is 14.0. The Labute approximate surface area is 256 Å². The van der Waals surface area contributed by atoms with Crippen LogP contribution >= 0.6 is 23.2 Å². The van der Waals surface area contributed by atoms with Crippen LogP contribution in [0, 0.1) is 22.0 Å². The van der Waals surface area contributed by atoms with E-state index in [1.54, 1.807) is 0 Å². The molecule has 0 saturated carbocycles. The number of hydrogen-bond donors (Lipinski definition) is 0. The molecule has 4 aliphatic rings. The number of imide groups is 1. The van der Waals surface area contributed by atoms with Crippen molar-refractivity contribution in [1.82, 2.24) is 4.90 Å². The number of likely N-dealkylation sites (tertiary alicyclic amines) is 1. The Morgan fingerprint density at radius 1 is 0.814 bits per heavy atom. The number of benzene rings is 3. The smallest absolute Gasteiger partial charge is 0.306 e. The monoisotopic (exact) mass is 620 g/mol. The molecule has 43 heavy (non-hydrogen) atoms. The highest BCUT2D eigenvalue weighted by Crippen LogP contribution is 2.69. The van der Waals surface area contributed by atoms with Gasteiger partial charge >= 0.3 is 5.97 Å². The number of alkyl halides is 2. The molecule has 2 amide bonds. The zero-order valence-corrected chi connectivity index (χ0v) is 24.3. The van der Waals surface area contributed by atoms with E-state index in [9.17, 15) is 29.3 Å². The minimum absolute atomic E-state index is 0.0373. The van der Waals surface area contributed by atoms with Crippen molar-refractivity contribution in [3.63, 3.8) is 0 Å². The highest BCUT2D eigenvalue weighted by molar-refractivity contribution is 6.36. The minimum atomic E-state index is -1.22. The quantitative estimate of drug-likeness (QED) is 0.0559. The van der Waals surface area contributed by atoms with Crippen molar-refractivity contribution >= 4 is 52.5 Å². The minimum Gasteiger partial charge on any atom is -0.457 e. The largest absolute Gasteiger partial charge is 0.457 e. The van der Waals surface area contributed by atoms with Crippen molar-refractivity contribution < 1.29 is 28.8 Å². The van der Waals surface area contributed by atoms with E-state index < -0.39 is 44.9 Å². The maximum Gasteiger partial charge on any atom is 0.306 e. The topological polar surface area (TPSA) is 124 Å². The summed E-state index contributed by atoms with van der Waals surface area (Å²) in [6.07, 6.45) is 1.44.